The molecule has 0 atom stereocenters. The fourth-order valence-corrected chi connectivity index (χ4v) is 3.62. The average molecular weight is 439 g/mol. The summed E-state index contributed by atoms with van der Waals surface area (Å²) in [6.07, 6.45) is 3.88. The van der Waals surface area contributed by atoms with Crippen molar-refractivity contribution in [2.24, 2.45) is 5.73 Å². The molecule has 9 heteroatoms. The average Bonchev–Trinajstić information content (AvgIpc) is 3.11. The molecule has 0 radical (unpaired) electrons. The van der Waals surface area contributed by atoms with Crippen LogP contribution in [0.2, 0.25) is 0 Å². The third kappa shape index (κ3) is 4.24. The van der Waals surface area contributed by atoms with E-state index in [4.69, 9.17) is 15.2 Å². The number of methoxy groups -OCH3 is 1. The number of H-pyrrole nitrogens is 1. The zero-order chi connectivity index (χ0) is 22.9. The predicted octanol–water partition coefficient (Wildman–Crippen LogP) is 3.37. The van der Waals surface area contributed by atoms with E-state index in [1.54, 1.807) is 30.6 Å². The minimum Gasteiger partial charge on any atom is -0.492 e. The van der Waals surface area contributed by atoms with E-state index in [1.807, 2.05) is 13.8 Å². The Morgan fingerprint density at radius 1 is 1.31 bits per heavy atom. The molecule has 8 nitrogen and oxygen atoms in total. The Bertz CT molecular complexity index is 1150. The van der Waals surface area contributed by atoms with Crippen molar-refractivity contribution in [1.82, 2.24) is 15.3 Å². The van der Waals surface area contributed by atoms with Gasteiger partial charge in [0, 0.05) is 36.0 Å². The first-order chi connectivity index (χ1) is 15.3. The Hall–Kier alpha value is -3.59. The third-order valence-corrected chi connectivity index (χ3v) is 5.05. The van der Waals surface area contributed by atoms with Gasteiger partial charge < -0.3 is 30.8 Å². The van der Waals surface area contributed by atoms with E-state index in [0.717, 1.165) is 5.69 Å². The number of hydrogen-bond donors (Lipinski definition) is 4. The quantitative estimate of drug-likeness (QED) is 0.449. The van der Waals surface area contributed by atoms with Crippen molar-refractivity contribution in [1.29, 1.82) is 0 Å². The van der Waals surface area contributed by atoms with Crippen molar-refractivity contribution < 1.29 is 18.7 Å². The third-order valence-electron chi connectivity index (χ3n) is 5.05. The molecule has 3 heterocycles. The molecule has 5 N–H and O–H groups in total. The number of benzene rings is 1. The lowest BCUT2D eigenvalue weighted by molar-refractivity contribution is 0.0947. The first-order valence-electron chi connectivity index (χ1n) is 10.3. The number of aromatic amines is 1. The standard InChI is InChI=1S/C23H26FN5O3/c1-23(2,25)12-32-17-11-26-9-7-13(17)19-20(18-15(28-19)8-10-27-22(18)30)29-16-6-4-5-14(24)21(16)31-3/h4-7,9,11,28-29H,8,10,12,25H2,1-3H3,(H,27,30). The molecular weight excluding hydrogens is 413 g/mol. The van der Waals surface area contributed by atoms with Crippen LogP contribution in [0.4, 0.5) is 15.8 Å². The largest absolute Gasteiger partial charge is 0.492 e. The van der Waals surface area contributed by atoms with Gasteiger partial charge in [-0.15, -0.1) is 0 Å². The Balaban J connectivity index is 1.85. The van der Waals surface area contributed by atoms with Crippen LogP contribution in [-0.2, 0) is 6.42 Å². The van der Waals surface area contributed by atoms with E-state index in [1.165, 1.54) is 13.2 Å². The van der Waals surface area contributed by atoms with Crippen LogP contribution in [0.15, 0.2) is 36.7 Å². The molecule has 4 rings (SSSR count). The number of carbonyl (C=O) groups is 1. The number of rotatable bonds is 7. The summed E-state index contributed by atoms with van der Waals surface area (Å²) in [6.45, 7) is 4.52. The van der Waals surface area contributed by atoms with Crippen molar-refractivity contribution in [2.45, 2.75) is 25.8 Å². The maximum Gasteiger partial charge on any atom is 0.255 e. The van der Waals surface area contributed by atoms with Crippen LogP contribution in [0, 0.1) is 5.82 Å². The number of ether oxygens (including phenoxy) is 2. The highest BCUT2D eigenvalue weighted by Crippen LogP contribution is 2.42. The van der Waals surface area contributed by atoms with Gasteiger partial charge in [0.15, 0.2) is 11.6 Å². The second-order valence-electron chi connectivity index (χ2n) is 8.33. The first-order valence-corrected chi connectivity index (χ1v) is 10.3. The summed E-state index contributed by atoms with van der Waals surface area (Å²) < 4.78 is 25.5. The summed E-state index contributed by atoms with van der Waals surface area (Å²) in [5.74, 6) is -0.155. The van der Waals surface area contributed by atoms with Crippen LogP contribution in [-0.4, -0.2) is 41.7 Å². The molecule has 3 aromatic rings. The van der Waals surface area contributed by atoms with Crippen LogP contribution < -0.4 is 25.8 Å². The zero-order valence-electron chi connectivity index (χ0n) is 18.2. The number of fused-ring (bicyclic) bond motifs is 1. The number of carbonyl (C=O) groups excluding carboxylic acids is 1. The lowest BCUT2D eigenvalue weighted by Crippen LogP contribution is -2.38. The molecule has 0 saturated heterocycles. The van der Waals surface area contributed by atoms with Gasteiger partial charge in [-0.05, 0) is 32.0 Å². The normalized spacial score (nSPS) is 13.3. The summed E-state index contributed by atoms with van der Waals surface area (Å²) in [4.78, 5) is 20.3. The first kappa shape index (κ1) is 21.6. The number of pyridine rings is 1. The highest BCUT2D eigenvalue weighted by Gasteiger charge is 2.29. The van der Waals surface area contributed by atoms with Crippen LogP contribution in [0.1, 0.15) is 29.9 Å². The summed E-state index contributed by atoms with van der Waals surface area (Å²) in [5, 5.41) is 6.08. The minimum absolute atomic E-state index is 0.0562. The number of aromatic nitrogens is 2. The van der Waals surface area contributed by atoms with E-state index in [2.05, 4.69) is 20.6 Å². The van der Waals surface area contributed by atoms with E-state index in [0.29, 0.717) is 46.9 Å². The fraction of sp³-hybridized carbons (Fsp3) is 0.304. The molecule has 0 spiro atoms. The van der Waals surface area contributed by atoms with Crippen LogP contribution >= 0.6 is 0 Å². The van der Waals surface area contributed by atoms with Crippen LogP contribution in [0.25, 0.3) is 11.3 Å². The van der Waals surface area contributed by atoms with Crippen molar-refractivity contribution in [3.05, 3.63) is 53.7 Å². The molecule has 168 valence electrons. The number of amides is 1. The molecule has 0 saturated carbocycles. The number of halogens is 1. The smallest absolute Gasteiger partial charge is 0.255 e. The Morgan fingerprint density at radius 2 is 2.12 bits per heavy atom. The second-order valence-corrected chi connectivity index (χ2v) is 8.33. The van der Waals surface area contributed by atoms with Gasteiger partial charge in [0.25, 0.3) is 5.91 Å². The van der Waals surface area contributed by atoms with Gasteiger partial charge in [0.05, 0.1) is 35.9 Å². The summed E-state index contributed by atoms with van der Waals surface area (Å²) in [6, 6.07) is 6.37. The van der Waals surface area contributed by atoms with Gasteiger partial charge in [-0.25, -0.2) is 4.39 Å². The monoisotopic (exact) mass is 439 g/mol. The molecule has 2 aromatic heterocycles. The van der Waals surface area contributed by atoms with Crippen molar-refractivity contribution in [2.75, 3.05) is 25.6 Å². The van der Waals surface area contributed by atoms with Crippen molar-refractivity contribution in [3.8, 4) is 22.8 Å². The van der Waals surface area contributed by atoms with E-state index in [-0.39, 0.29) is 18.3 Å². The molecule has 1 aliphatic heterocycles. The Morgan fingerprint density at radius 3 is 2.88 bits per heavy atom. The molecule has 0 unspecified atom stereocenters. The Labute approximate surface area is 185 Å². The molecule has 0 bridgehead atoms. The molecular formula is C23H26FN5O3. The molecule has 1 aliphatic rings. The van der Waals surface area contributed by atoms with Gasteiger partial charge in [0.1, 0.15) is 12.4 Å². The number of nitrogens with one attached hydrogen (secondary N) is 3. The topological polar surface area (TPSA) is 114 Å². The lowest BCUT2D eigenvalue weighted by Gasteiger charge is -2.20. The summed E-state index contributed by atoms with van der Waals surface area (Å²) in [7, 11) is 1.40. The second kappa shape index (κ2) is 8.51. The zero-order valence-corrected chi connectivity index (χ0v) is 18.2. The maximum absolute atomic E-state index is 14.3. The van der Waals surface area contributed by atoms with E-state index >= 15 is 0 Å². The van der Waals surface area contributed by atoms with Gasteiger partial charge in [-0.3, -0.25) is 9.78 Å². The van der Waals surface area contributed by atoms with Gasteiger partial charge in [0.2, 0.25) is 0 Å². The SMILES string of the molecule is COc1c(F)cccc1Nc1c(-c2ccncc2OCC(C)(C)N)[nH]c2c1C(=O)NCC2. The number of anilines is 2. The fourth-order valence-electron chi connectivity index (χ4n) is 3.62. The Kier molecular flexibility index (Phi) is 5.75. The molecule has 0 fully saturated rings. The predicted molar refractivity (Wildman–Crippen MR) is 120 cm³/mol. The maximum atomic E-state index is 14.3. The minimum atomic E-state index is -0.544. The summed E-state index contributed by atoms with van der Waals surface area (Å²) in [5.41, 5.74) is 9.02. The van der Waals surface area contributed by atoms with Crippen LogP contribution in [0.5, 0.6) is 11.5 Å². The number of para-hydroxylation sites is 1. The molecule has 1 aromatic carbocycles. The van der Waals surface area contributed by atoms with Crippen molar-refractivity contribution in [3.63, 3.8) is 0 Å². The van der Waals surface area contributed by atoms with Crippen LogP contribution in [0.3, 0.4) is 0 Å². The molecule has 32 heavy (non-hydrogen) atoms. The van der Waals surface area contributed by atoms with E-state index in [9.17, 15) is 9.18 Å². The van der Waals surface area contributed by atoms with Crippen molar-refractivity contribution >= 4 is 17.3 Å². The van der Waals surface area contributed by atoms with Gasteiger partial charge in [-0.2, -0.15) is 0 Å². The molecule has 0 aliphatic carbocycles. The number of nitrogens with zero attached hydrogens (tertiary/aromatic N) is 1. The van der Waals surface area contributed by atoms with Gasteiger partial charge >= 0.3 is 0 Å². The molecule has 1 amide bonds. The van der Waals surface area contributed by atoms with Gasteiger partial charge in [-0.1, -0.05) is 6.07 Å². The highest BCUT2D eigenvalue weighted by atomic mass is 19.1. The highest BCUT2D eigenvalue weighted by molar-refractivity contribution is 6.06. The van der Waals surface area contributed by atoms with E-state index < -0.39 is 11.4 Å². The number of hydrogen-bond acceptors (Lipinski definition) is 6. The summed E-state index contributed by atoms with van der Waals surface area (Å²) >= 11 is 0. The number of nitrogens with two attached hydrogens (primary N) is 1. The lowest BCUT2D eigenvalue weighted by atomic mass is 10.0.